The largest absolute Gasteiger partial charge is 0.393 e. The number of thiocarbonyl (C=S) groups is 1. The van der Waals surface area contributed by atoms with Crippen molar-refractivity contribution < 1.29 is 0 Å². The maximum atomic E-state index is 5.35. The molecule has 0 aromatic heterocycles. The lowest BCUT2D eigenvalue weighted by Gasteiger charge is -1.98. The van der Waals surface area contributed by atoms with Crippen LogP contribution in [0.1, 0.15) is 32.6 Å². The summed E-state index contributed by atoms with van der Waals surface area (Å²) in [5.74, 6) is 2.36. The summed E-state index contributed by atoms with van der Waals surface area (Å²) in [7, 11) is 0. The van der Waals surface area contributed by atoms with E-state index in [1.165, 1.54) is 25.0 Å². The molecule has 11 heavy (non-hydrogen) atoms. The molecule has 0 spiro atoms. The second-order valence-electron chi connectivity index (χ2n) is 2.54. The quantitative estimate of drug-likeness (QED) is 0.495. The van der Waals surface area contributed by atoms with Gasteiger partial charge in [0.05, 0.1) is 4.99 Å². The highest BCUT2D eigenvalue weighted by atomic mass is 32.2. The summed E-state index contributed by atoms with van der Waals surface area (Å²) in [5, 5.41) is 0. The molecule has 0 aromatic rings. The van der Waals surface area contributed by atoms with E-state index >= 15 is 0 Å². The third-order valence-electron chi connectivity index (χ3n) is 1.39. The lowest BCUT2D eigenvalue weighted by atomic mass is 10.3. The van der Waals surface area contributed by atoms with Gasteiger partial charge in [0.1, 0.15) is 0 Å². The van der Waals surface area contributed by atoms with Crippen LogP contribution >= 0.6 is 24.0 Å². The second-order valence-corrected chi connectivity index (χ2v) is 4.28. The Morgan fingerprint density at radius 3 is 2.64 bits per heavy atom. The lowest BCUT2D eigenvalue weighted by molar-refractivity contribution is 0.778. The molecule has 0 bridgehead atoms. The van der Waals surface area contributed by atoms with Crippen molar-refractivity contribution in [2.45, 2.75) is 32.6 Å². The molecule has 3 heteroatoms. The summed E-state index contributed by atoms with van der Waals surface area (Å²) < 4.78 is 0. The Bertz CT molecular complexity index is 104. The van der Waals surface area contributed by atoms with E-state index in [0.29, 0.717) is 4.99 Å². The molecule has 0 amide bonds. The Morgan fingerprint density at radius 2 is 2.09 bits per heavy atom. The van der Waals surface area contributed by atoms with Crippen LogP contribution in [0.3, 0.4) is 0 Å². The number of nitrogens with two attached hydrogens (primary N) is 1. The minimum absolute atomic E-state index is 0.646. The summed E-state index contributed by atoms with van der Waals surface area (Å²) in [4.78, 5) is 0.646. The van der Waals surface area contributed by atoms with Crippen molar-refractivity contribution >= 4 is 29.0 Å². The highest BCUT2D eigenvalue weighted by Gasteiger charge is 1.91. The zero-order chi connectivity index (χ0) is 8.53. The molecule has 0 aliphatic rings. The maximum Gasteiger partial charge on any atom is 0.0735 e. The molecule has 0 atom stereocenters. The van der Waals surface area contributed by atoms with Gasteiger partial charge in [0.25, 0.3) is 0 Å². The first-order chi connectivity index (χ1) is 5.27. The summed E-state index contributed by atoms with van der Waals surface area (Å²) in [6.07, 6.45) is 4.88. The molecule has 0 aliphatic heterocycles. The normalized spacial score (nSPS) is 9.91. The molecule has 1 nitrogen and oxygen atoms in total. The zero-order valence-corrected chi connectivity index (χ0v) is 8.77. The van der Waals surface area contributed by atoms with Crippen molar-refractivity contribution in [1.82, 2.24) is 0 Å². The molecule has 0 heterocycles. The fourth-order valence-corrected chi connectivity index (χ4v) is 1.94. The van der Waals surface area contributed by atoms with Gasteiger partial charge in [0.2, 0.25) is 0 Å². The fourth-order valence-electron chi connectivity index (χ4n) is 0.729. The van der Waals surface area contributed by atoms with E-state index in [2.05, 4.69) is 6.92 Å². The summed E-state index contributed by atoms with van der Waals surface area (Å²) >= 11 is 6.71. The first-order valence-corrected chi connectivity index (χ1v) is 5.69. The van der Waals surface area contributed by atoms with E-state index in [-0.39, 0.29) is 0 Å². The Balaban J connectivity index is 2.85. The molecule has 0 fully saturated rings. The molecule has 0 aromatic carbocycles. The van der Waals surface area contributed by atoms with E-state index in [1.807, 2.05) is 11.8 Å². The summed E-state index contributed by atoms with van der Waals surface area (Å²) in [6, 6.07) is 0. The van der Waals surface area contributed by atoms with Crippen LogP contribution in [0.4, 0.5) is 0 Å². The number of hydrogen-bond donors (Lipinski definition) is 1. The monoisotopic (exact) mass is 191 g/mol. The van der Waals surface area contributed by atoms with Crippen LogP contribution in [-0.4, -0.2) is 16.5 Å². The van der Waals surface area contributed by atoms with Gasteiger partial charge in [0, 0.05) is 6.42 Å². The summed E-state index contributed by atoms with van der Waals surface area (Å²) in [6.45, 7) is 2.22. The van der Waals surface area contributed by atoms with Gasteiger partial charge in [-0.3, -0.25) is 0 Å². The van der Waals surface area contributed by atoms with Crippen LogP contribution < -0.4 is 5.73 Å². The van der Waals surface area contributed by atoms with Crippen LogP contribution in [-0.2, 0) is 0 Å². The fraction of sp³-hybridized carbons (Fsp3) is 0.875. The molecule has 0 radical (unpaired) electrons. The van der Waals surface area contributed by atoms with Crippen LogP contribution in [0, 0.1) is 0 Å². The summed E-state index contributed by atoms with van der Waals surface area (Å²) in [5.41, 5.74) is 5.35. The first kappa shape index (κ1) is 11.2. The Kier molecular flexibility index (Phi) is 8.52. The molecular formula is C8H17NS2. The third-order valence-corrected chi connectivity index (χ3v) is 2.66. The molecule has 2 N–H and O–H groups in total. The molecule has 0 saturated heterocycles. The minimum atomic E-state index is 0.646. The van der Waals surface area contributed by atoms with Gasteiger partial charge in [-0.05, 0) is 17.9 Å². The highest BCUT2D eigenvalue weighted by Crippen LogP contribution is 2.07. The Hall–Kier alpha value is 0.240. The third kappa shape index (κ3) is 10.2. The predicted octanol–water partition coefficient (Wildman–Crippen LogP) is 2.59. The van der Waals surface area contributed by atoms with Crippen LogP contribution in [0.15, 0.2) is 0 Å². The average molecular weight is 191 g/mol. The van der Waals surface area contributed by atoms with Gasteiger partial charge < -0.3 is 5.73 Å². The van der Waals surface area contributed by atoms with E-state index in [0.717, 1.165) is 12.2 Å². The van der Waals surface area contributed by atoms with Gasteiger partial charge in [-0.2, -0.15) is 11.8 Å². The Morgan fingerprint density at radius 1 is 1.36 bits per heavy atom. The number of thioether (sulfide) groups is 1. The molecule has 0 unspecified atom stereocenters. The number of unbranched alkanes of at least 4 members (excludes halogenated alkanes) is 2. The van der Waals surface area contributed by atoms with Crippen molar-refractivity contribution in [2.75, 3.05) is 11.5 Å². The topological polar surface area (TPSA) is 26.0 Å². The van der Waals surface area contributed by atoms with E-state index < -0.39 is 0 Å². The smallest absolute Gasteiger partial charge is 0.0735 e. The van der Waals surface area contributed by atoms with Gasteiger partial charge in [-0.15, -0.1) is 0 Å². The molecule has 0 aliphatic carbocycles. The van der Waals surface area contributed by atoms with Crippen molar-refractivity contribution in [1.29, 1.82) is 0 Å². The second kappa shape index (κ2) is 8.34. The molecule has 0 saturated carbocycles. The van der Waals surface area contributed by atoms with Crippen molar-refractivity contribution in [3.05, 3.63) is 0 Å². The van der Waals surface area contributed by atoms with Crippen molar-refractivity contribution in [2.24, 2.45) is 5.73 Å². The van der Waals surface area contributed by atoms with E-state index in [1.54, 1.807) is 0 Å². The zero-order valence-electron chi connectivity index (χ0n) is 7.14. The SMILES string of the molecule is CCCCCSCCC(N)=S. The van der Waals surface area contributed by atoms with E-state index in [9.17, 15) is 0 Å². The maximum absolute atomic E-state index is 5.35. The van der Waals surface area contributed by atoms with Crippen LogP contribution in [0.2, 0.25) is 0 Å². The van der Waals surface area contributed by atoms with Crippen molar-refractivity contribution in [3.8, 4) is 0 Å². The standard InChI is InChI=1S/C8H17NS2/c1-2-3-4-6-11-7-5-8(9)10/h2-7H2,1H3,(H2,9,10). The average Bonchev–Trinajstić information content (AvgIpc) is 1.96. The van der Waals surface area contributed by atoms with Crippen LogP contribution in [0.25, 0.3) is 0 Å². The minimum Gasteiger partial charge on any atom is -0.393 e. The lowest BCUT2D eigenvalue weighted by Crippen LogP contribution is -2.08. The van der Waals surface area contributed by atoms with Crippen LogP contribution in [0.5, 0.6) is 0 Å². The van der Waals surface area contributed by atoms with Gasteiger partial charge in [-0.1, -0.05) is 32.0 Å². The molecule has 66 valence electrons. The number of rotatable bonds is 7. The first-order valence-electron chi connectivity index (χ1n) is 4.13. The van der Waals surface area contributed by atoms with Gasteiger partial charge in [-0.25, -0.2) is 0 Å². The van der Waals surface area contributed by atoms with Crippen molar-refractivity contribution in [3.63, 3.8) is 0 Å². The molecular weight excluding hydrogens is 174 g/mol. The van der Waals surface area contributed by atoms with Gasteiger partial charge >= 0.3 is 0 Å². The predicted molar refractivity (Wildman–Crippen MR) is 58.3 cm³/mol. The number of hydrogen-bond acceptors (Lipinski definition) is 2. The Labute approximate surface area is 79.1 Å². The molecule has 0 rings (SSSR count). The van der Waals surface area contributed by atoms with E-state index in [4.69, 9.17) is 18.0 Å². The van der Waals surface area contributed by atoms with Gasteiger partial charge in [0.15, 0.2) is 0 Å². The highest BCUT2D eigenvalue weighted by molar-refractivity contribution is 7.99.